The molecule has 12 heavy (non-hydrogen) atoms. The minimum Gasteiger partial charge on any atom is -0.388 e. The lowest BCUT2D eigenvalue weighted by atomic mass is 9.93. The van der Waals surface area contributed by atoms with Crippen LogP contribution in [-0.4, -0.2) is 24.9 Å². The molecule has 1 aliphatic heterocycles. The third kappa shape index (κ3) is 1.78. The Morgan fingerprint density at radius 3 is 2.75 bits per heavy atom. The summed E-state index contributed by atoms with van der Waals surface area (Å²) in [7, 11) is 1.95. The van der Waals surface area contributed by atoms with Gasteiger partial charge < -0.3 is 10.2 Å². The summed E-state index contributed by atoms with van der Waals surface area (Å²) in [6.45, 7) is 5.15. The molecule has 0 aromatic carbocycles. The molecule has 3 heteroatoms. The number of nitrogens with one attached hydrogen (secondary N) is 1. The molecule has 0 bridgehead atoms. The predicted octanol–water partition coefficient (Wildman–Crippen LogP) is 1.54. The average Bonchev–Trinajstić information content (AvgIpc) is 2.50. The minimum atomic E-state index is -0.0555. The molecule has 0 fully saturated rings. The van der Waals surface area contributed by atoms with Crippen molar-refractivity contribution in [1.29, 1.82) is 0 Å². The first kappa shape index (κ1) is 9.52. The van der Waals surface area contributed by atoms with E-state index in [1.54, 1.807) is 0 Å². The van der Waals surface area contributed by atoms with Gasteiger partial charge in [0, 0.05) is 13.0 Å². The van der Waals surface area contributed by atoms with Gasteiger partial charge in [-0.25, -0.2) is 0 Å². The van der Waals surface area contributed by atoms with Crippen LogP contribution in [0.5, 0.6) is 0 Å². The second kappa shape index (κ2) is 3.90. The summed E-state index contributed by atoms with van der Waals surface area (Å²) in [6, 6.07) is 0. The van der Waals surface area contributed by atoms with Crippen LogP contribution in [0, 0.1) is 0 Å². The monoisotopic (exact) mass is 170 g/mol. The van der Waals surface area contributed by atoms with E-state index < -0.39 is 0 Å². The number of rotatable bonds is 4. The molecule has 0 spiro atoms. The molecule has 0 amide bonds. The first-order valence-electron chi connectivity index (χ1n) is 4.65. The van der Waals surface area contributed by atoms with Crippen molar-refractivity contribution in [2.45, 2.75) is 38.7 Å². The Morgan fingerprint density at radius 1 is 1.58 bits per heavy atom. The molecule has 0 unspecified atom stereocenters. The van der Waals surface area contributed by atoms with Crippen LogP contribution in [-0.2, 0) is 4.84 Å². The molecule has 70 valence electrons. The predicted molar refractivity (Wildman–Crippen MR) is 50.4 cm³/mol. The van der Waals surface area contributed by atoms with Crippen molar-refractivity contribution in [1.82, 2.24) is 5.32 Å². The zero-order chi connectivity index (χ0) is 9.03. The van der Waals surface area contributed by atoms with Crippen LogP contribution in [0.1, 0.15) is 33.1 Å². The summed E-state index contributed by atoms with van der Waals surface area (Å²) < 4.78 is 0. The first-order valence-corrected chi connectivity index (χ1v) is 4.65. The zero-order valence-corrected chi connectivity index (χ0v) is 8.18. The van der Waals surface area contributed by atoms with Gasteiger partial charge in [0.1, 0.15) is 0 Å². The van der Waals surface area contributed by atoms with Crippen molar-refractivity contribution in [2.75, 3.05) is 13.6 Å². The van der Waals surface area contributed by atoms with Crippen LogP contribution in [0.25, 0.3) is 0 Å². The lowest BCUT2D eigenvalue weighted by Crippen LogP contribution is -2.38. The molecule has 0 aliphatic carbocycles. The smallest absolute Gasteiger partial charge is 0.155 e. The van der Waals surface area contributed by atoms with E-state index in [0.29, 0.717) is 0 Å². The summed E-state index contributed by atoms with van der Waals surface area (Å²) in [5, 5.41) is 7.22. The third-order valence-corrected chi connectivity index (χ3v) is 2.45. The maximum absolute atomic E-state index is 5.46. The van der Waals surface area contributed by atoms with Gasteiger partial charge >= 0.3 is 0 Å². The fourth-order valence-electron chi connectivity index (χ4n) is 1.52. The number of oxime groups is 1. The molecule has 0 saturated heterocycles. The lowest BCUT2D eigenvalue weighted by Gasteiger charge is -2.24. The molecule has 0 aromatic rings. The molecule has 1 aliphatic rings. The number of hydrogen-bond donors (Lipinski definition) is 1. The van der Waals surface area contributed by atoms with Gasteiger partial charge in [-0.2, -0.15) is 0 Å². The number of likely N-dealkylation sites (N-methyl/N-ethyl adjacent to an activating group) is 1. The van der Waals surface area contributed by atoms with Crippen molar-refractivity contribution >= 4 is 5.71 Å². The normalized spacial score (nSPS) is 28.4. The fraction of sp³-hybridized carbons (Fsp3) is 0.889. The van der Waals surface area contributed by atoms with Crippen LogP contribution in [0.4, 0.5) is 0 Å². The van der Waals surface area contributed by atoms with Crippen LogP contribution in [0.2, 0.25) is 0 Å². The Hall–Kier alpha value is -0.570. The van der Waals surface area contributed by atoms with Gasteiger partial charge in [-0.15, -0.1) is 0 Å². The van der Waals surface area contributed by atoms with Crippen molar-refractivity contribution in [3.63, 3.8) is 0 Å². The maximum Gasteiger partial charge on any atom is 0.155 e. The van der Waals surface area contributed by atoms with E-state index in [4.69, 9.17) is 4.84 Å². The SMILES string of the molecule is CCC1=NO[C@@](CC)(CNC)C1. The van der Waals surface area contributed by atoms with Gasteiger partial charge in [0.05, 0.1) is 5.71 Å². The highest BCUT2D eigenvalue weighted by molar-refractivity contribution is 5.85. The Kier molecular flexibility index (Phi) is 3.09. The molecular formula is C9H18N2O. The number of nitrogens with zero attached hydrogens (tertiary/aromatic N) is 1. The van der Waals surface area contributed by atoms with Crippen LogP contribution in [0.15, 0.2) is 5.16 Å². The van der Waals surface area contributed by atoms with E-state index in [1.807, 2.05) is 7.05 Å². The van der Waals surface area contributed by atoms with Crippen LogP contribution in [0.3, 0.4) is 0 Å². The fourth-order valence-corrected chi connectivity index (χ4v) is 1.52. The van der Waals surface area contributed by atoms with Gasteiger partial charge in [0.2, 0.25) is 0 Å². The Bertz CT molecular complexity index is 179. The standard InChI is InChI=1S/C9H18N2O/c1-4-8-6-9(5-2,7-10-3)12-11-8/h10H,4-7H2,1-3H3/t9-/m1/s1. The Balaban J connectivity index is 2.52. The first-order chi connectivity index (χ1) is 5.76. The van der Waals surface area contributed by atoms with E-state index in [2.05, 4.69) is 24.3 Å². The molecule has 1 atom stereocenters. The zero-order valence-electron chi connectivity index (χ0n) is 8.18. The summed E-state index contributed by atoms with van der Waals surface area (Å²) >= 11 is 0. The summed E-state index contributed by atoms with van der Waals surface area (Å²) in [5.74, 6) is 0. The molecule has 0 saturated carbocycles. The molecule has 3 nitrogen and oxygen atoms in total. The topological polar surface area (TPSA) is 33.6 Å². The molecular weight excluding hydrogens is 152 g/mol. The summed E-state index contributed by atoms with van der Waals surface area (Å²) in [5.41, 5.74) is 1.13. The van der Waals surface area contributed by atoms with Gasteiger partial charge in [0.25, 0.3) is 0 Å². The van der Waals surface area contributed by atoms with E-state index in [0.717, 1.165) is 25.8 Å². The van der Waals surface area contributed by atoms with Gasteiger partial charge in [-0.1, -0.05) is 19.0 Å². The second-order valence-corrected chi connectivity index (χ2v) is 3.35. The highest BCUT2D eigenvalue weighted by Gasteiger charge is 2.35. The maximum atomic E-state index is 5.46. The van der Waals surface area contributed by atoms with E-state index in [9.17, 15) is 0 Å². The van der Waals surface area contributed by atoms with E-state index in [-0.39, 0.29) is 5.60 Å². The quantitative estimate of drug-likeness (QED) is 0.694. The van der Waals surface area contributed by atoms with Crippen molar-refractivity contribution in [3.05, 3.63) is 0 Å². The lowest BCUT2D eigenvalue weighted by molar-refractivity contribution is -0.0191. The largest absolute Gasteiger partial charge is 0.388 e. The second-order valence-electron chi connectivity index (χ2n) is 3.35. The highest BCUT2D eigenvalue weighted by Crippen LogP contribution is 2.27. The summed E-state index contributed by atoms with van der Waals surface area (Å²) in [4.78, 5) is 5.46. The average molecular weight is 170 g/mol. The van der Waals surface area contributed by atoms with Gasteiger partial charge in [-0.3, -0.25) is 0 Å². The number of hydrogen-bond acceptors (Lipinski definition) is 3. The molecule has 1 N–H and O–H groups in total. The summed E-state index contributed by atoms with van der Waals surface area (Å²) in [6.07, 6.45) is 3.01. The van der Waals surface area contributed by atoms with E-state index >= 15 is 0 Å². The third-order valence-electron chi connectivity index (χ3n) is 2.45. The van der Waals surface area contributed by atoms with Gasteiger partial charge in [0.15, 0.2) is 5.60 Å². The Labute approximate surface area is 74.2 Å². The van der Waals surface area contributed by atoms with Crippen LogP contribution >= 0.6 is 0 Å². The highest BCUT2D eigenvalue weighted by atomic mass is 16.7. The van der Waals surface area contributed by atoms with Crippen molar-refractivity contribution < 1.29 is 4.84 Å². The molecule has 0 radical (unpaired) electrons. The molecule has 1 heterocycles. The Morgan fingerprint density at radius 2 is 2.33 bits per heavy atom. The van der Waals surface area contributed by atoms with E-state index in [1.165, 1.54) is 5.71 Å². The van der Waals surface area contributed by atoms with Gasteiger partial charge in [-0.05, 0) is 19.9 Å². The van der Waals surface area contributed by atoms with Crippen molar-refractivity contribution in [2.24, 2.45) is 5.16 Å². The minimum absolute atomic E-state index is 0.0555. The molecule has 1 rings (SSSR count). The molecule has 0 aromatic heterocycles. The van der Waals surface area contributed by atoms with Crippen LogP contribution < -0.4 is 5.32 Å². The van der Waals surface area contributed by atoms with Crippen molar-refractivity contribution in [3.8, 4) is 0 Å².